The van der Waals surface area contributed by atoms with Gasteiger partial charge in [0.05, 0.1) is 7.11 Å². The summed E-state index contributed by atoms with van der Waals surface area (Å²) in [6.07, 6.45) is 2.12. The number of methoxy groups -OCH3 is 1. The largest absolute Gasteiger partial charge is 0.497 e. The quantitative estimate of drug-likeness (QED) is 0.305. The van der Waals surface area contributed by atoms with Gasteiger partial charge in [0.1, 0.15) is 5.75 Å². The molecule has 0 bridgehead atoms. The van der Waals surface area contributed by atoms with Crippen molar-refractivity contribution in [2.75, 3.05) is 12.0 Å². The van der Waals surface area contributed by atoms with Crippen LogP contribution in [0.15, 0.2) is 103 Å². The first kappa shape index (κ1) is 21.1. The van der Waals surface area contributed by atoms with E-state index in [4.69, 9.17) is 16.3 Å². The maximum Gasteiger partial charge on any atom is 0.118 e. The van der Waals surface area contributed by atoms with Gasteiger partial charge in [-0.05, 0) is 64.9 Å². The third-order valence-corrected chi connectivity index (χ3v) is 7.32. The Hall–Kier alpha value is -3.49. The molecule has 0 fully saturated rings. The molecule has 0 saturated heterocycles. The van der Waals surface area contributed by atoms with Crippen LogP contribution in [0.5, 0.6) is 5.75 Å². The monoisotopic (exact) mass is 463 g/mol. The van der Waals surface area contributed by atoms with Gasteiger partial charge in [0.25, 0.3) is 0 Å². The molecule has 0 aromatic heterocycles. The van der Waals surface area contributed by atoms with Crippen molar-refractivity contribution in [2.24, 2.45) is 0 Å². The number of fused-ring (bicyclic) bond motifs is 3. The normalized spacial score (nSPS) is 16.5. The second-order valence-corrected chi connectivity index (χ2v) is 9.45. The molecule has 1 heterocycles. The van der Waals surface area contributed by atoms with Gasteiger partial charge in [-0.15, -0.1) is 0 Å². The first-order chi connectivity index (χ1) is 16.7. The van der Waals surface area contributed by atoms with Crippen LogP contribution >= 0.6 is 11.6 Å². The van der Waals surface area contributed by atoms with E-state index in [1.165, 1.54) is 44.8 Å². The predicted molar refractivity (Wildman–Crippen MR) is 141 cm³/mol. The summed E-state index contributed by atoms with van der Waals surface area (Å²) in [5.74, 6) is 1.10. The number of hydrogen-bond donors (Lipinski definition) is 0. The molecule has 0 amide bonds. The molecule has 0 radical (unpaired) electrons. The molecule has 4 aromatic carbocycles. The zero-order chi connectivity index (χ0) is 23.1. The Kier molecular flexibility index (Phi) is 5.39. The Balaban J connectivity index is 1.58. The fourth-order valence-electron chi connectivity index (χ4n) is 5.54. The Morgan fingerprint density at radius 3 is 2.41 bits per heavy atom. The van der Waals surface area contributed by atoms with Crippen LogP contribution in [0.4, 0.5) is 5.69 Å². The summed E-state index contributed by atoms with van der Waals surface area (Å²) in [5.41, 5.74) is 10.7. The van der Waals surface area contributed by atoms with Crippen LogP contribution < -0.4 is 9.64 Å². The SMILES string of the molecule is COc1ccc(CN2C3=C(CCc4ccccc43)[C@H](c3ccccc3)c3ccc(Cl)cc32)cc1. The molecule has 4 aromatic rings. The lowest BCUT2D eigenvalue weighted by Gasteiger charge is -2.43. The van der Waals surface area contributed by atoms with Crippen LogP contribution in [0.3, 0.4) is 0 Å². The summed E-state index contributed by atoms with van der Waals surface area (Å²) in [6.45, 7) is 0.770. The van der Waals surface area contributed by atoms with E-state index in [1.54, 1.807) is 7.11 Å². The number of benzene rings is 4. The van der Waals surface area contributed by atoms with Gasteiger partial charge < -0.3 is 9.64 Å². The van der Waals surface area contributed by atoms with Crippen molar-refractivity contribution < 1.29 is 4.74 Å². The molecule has 3 heteroatoms. The molecule has 1 aliphatic heterocycles. The topological polar surface area (TPSA) is 12.5 Å². The van der Waals surface area contributed by atoms with Crippen molar-refractivity contribution in [3.05, 3.63) is 135 Å². The highest BCUT2D eigenvalue weighted by atomic mass is 35.5. The molecule has 0 saturated carbocycles. The summed E-state index contributed by atoms with van der Waals surface area (Å²) >= 11 is 6.59. The van der Waals surface area contributed by atoms with E-state index in [1.807, 2.05) is 18.2 Å². The van der Waals surface area contributed by atoms with Crippen molar-refractivity contribution in [1.29, 1.82) is 0 Å². The lowest BCUT2D eigenvalue weighted by atomic mass is 9.73. The standard InChI is InChI=1S/C31H26ClNO/c1-34-25-15-11-21(12-16-25)20-33-29-19-24(32)14-18-27(29)30(23-8-3-2-4-9-23)28-17-13-22-7-5-6-10-26(22)31(28)33/h2-12,14-16,18-19,30H,13,17,20H2,1H3/t30-/m1/s1. The Labute approximate surface area is 206 Å². The van der Waals surface area contributed by atoms with Crippen LogP contribution in [-0.4, -0.2) is 7.11 Å². The lowest BCUT2D eigenvalue weighted by molar-refractivity contribution is 0.414. The number of anilines is 1. The summed E-state index contributed by atoms with van der Waals surface area (Å²) < 4.78 is 5.39. The van der Waals surface area contributed by atoms with Gasteiger partial charge in [0.2, 0.25) is 0 Å². The highest BCUT2D eigenvalue weighted by molar-refractivity contribution is 6.31. The van der Waals surface area contributed by atoms with Crippen molar-refractivity contribution in [1.82, 2.24) is 0 Å². The van der Waals surface area contributed by atoms with E-state index in [2.05, 4.69) is 83.8 Å². The molecule has 1 atom stereocenters. The fraction of sp³-hybridized carbons (Fsp3) is 0.161. The number of rotatable bonds is 4. The van der Waals surface area contributed by atoms with E-state index < -0.39 is 0 Å². The second-order valence-electron chi connectivity index (χ2n) is 9.01. The van der Waals surface area contributed by atoms with Crippen molar-refractivity contribution >= 4 is 23.0 Å². The Bertz CT molecular complexity index is 1370. The van der Waals surface area contributed by atoms with Gasteiger partial charge in [0.15, 0.2) is 0 Å². The van der Waals surface area contributed by atoms with Gasteiger partial charge in [-0.25, -0.2) is 0 Å². The van der Waals surface area contributed by atoms with Gasteiger partial charge in [-0.1, -0.05) is 84.4 Å². The molecule has 6 rings (SSSR count). The van der Waals surface area contributed by atoms with Crippen molar-refractivity contribution in [3.63, 3.8) is 0 Å². The van der Waals surface area contributed by atoms with Crippen LogP contribution in [0.1, 0.15) is 40.2 Å². The fourth-order valence-corrected chi connectivity index (χ4v) is 5.70. The van der Waals surface area contributed by atoms with E-state index in [9.17, 15) is 0 Å². The predicted octanol–water partition coefficient (Wildman–Crippen LogP) is 7.86. The number of halogens is 1. The average Bonchev–Trinajstić information content (AvgIpc) is 2.89. The van der Waals surface area contributed by atoms with Crippen molar-refractivity contribution in [3.8, 4) is 5.75 Å². The van der Waals surface area contributed by atoms with Crippen molar-refractivity contribution in [2.45, 2.75) is 25.3 Å². The molecular formula is C31H26ClNO. The molecule has 34 heavy (non-hydrogen) atoms. The van der Waals surface area contributed by atoms with Crippen LogP contribution in [0.25, 0.3) is 5.70 Å². The van der Waals surface area contributed by atoms with Gasteiger partial charge in [-0.2, -0.15) is 0 Å². The molecule has 2 aliphatic rings. The number of allylic oxidation sites excluding steroid dienone is 1. The number of ether oxygens (including phenoxy) is 1. The highest BCUT2D eigenvalue weighted by Crippen LogP contribution is 2.52. The van der Waals surface area contributed by atoms with Crippen LogP contribution in [-0.2, 0) is 13.0 Å². The molecule has 0 spiro atoms. The highest BCUT2D eigenvalue weighted by Gasteiger charge is 2.36. The van der Waals surface area contributed by atoms with E-state index >= 15 is 0 Å². The Morgan fingerprint density at radius 1 is 0.853 bits per heavy atom. The van der Waals surface area contributed by atoms with Gasteiger partial charge in [-0.3, -0.25) is 0 Å². The summed E-state index contributed by atoms with van der Waals surface area (Å²) in [7, 11) is 1.71. The maximum absolute atomic E-state index is 6.59. The summed E-state index contributed by atoms with van der Waals surface area (Å²) in [5, 5.41) is 0.762. The first-order valence-corrected chi connectivity index (χ1v) is 12.2. The van der Waals surface area contributed by atoms with E-state index in [0.29, 0.717) is 0 Å². The molecule has 168 valence electrons. The third kappa shape index (κ3) is 3.59. The summed E-state index contributed by atoms with van der Waals surface area (Å²) in [6, 6.07) is 34.5. The zero-order valence-electron chi connectivity index (χ0n) is 19.2. The minimum Gasteiger partial charge on any atom is -0.497 e. The van der Waals surface area contributed by atoms with E-state index in [-0.39, 0.29) is 5.92 Å². The minimum atomic E-state index is 0.226. The molecule has 1 aliphatic carbocycles. The van der Waals surface area contributed by atoms with Gasteiger partial charge >= 0.3 is 0 Å². The van der Waals surface area contributed by atoms with Crippen LogP contribution in [0.2, 0.25) is 5.02 Å². The van der Waals surface area contributed by atoms with E-state index in [0.717, 1.165) is 30.2 Å². The maximum atomic E-state index is 6.59. The summed E-state index contributed by atoms with van der Waals surface area (Å²) in [4.78, 5) is 2.48. The first-order valence-electron chi connectivity index (χ1n) is 11.8. The Morgan fingerprint density at radius 2 is 1.62 bits per heavy atom. The molecule has 0 unspecified atom stereocenters. The third-order valence-electron chi connectivity index (χ3n) is 7.09. The van der Waals surface area contributed by atoms with Crippen LogP contribution in [0, 0.1) is 0 Å². The zero-order valence-corrected chi connectivity index (χ0v) is 19.9. The smallest absolute Gasteiger partial charge is 0.118 e. The number of nitrogens with zero attached hydrogens (tertiary/aromatic N) is 1. The molecule has 0 N–H and O–H groups in total. The minimum absolute atomic E-state index is 0.226. The van der Waals surface area contributed by atoms with Gasteiger partial charge in [0, 0.05) is 34.4 Å². The number of aryl methyl sites for hydroxylation is 1. The lowest BCUT2D eigenvalue weighted by Crippen LogP contribution is -2.32. The average molecular weight is 464 g/mol. The second kappa shape index (κ2) is 8.70. The molecule has 2 nitrogen and oxygen atoms in total. The molecular weight excluding hydrogens is 438 g/mol. The number of hydrogen-bond acceptors (Lipinski definition) is 2.